The molecule has 100 valence electrons. The highest BCUT2D eigenvalue weighted by Gasteiger charge is 2.06. The van der Waals surface area contributed by atoms with Crippen molar-refractivity contribution >= 4 is 29.1 Å². The van der Waals surface area contributed by atoms with Crippen molar-refractivity contribution in [2.45, 2.75) is 23.1 Å². The summed E-state index contributed by atoms with van der Waals surface area (Å²) in [6, 6.07) is 7.75. The molecule has 0 radical (unpaired) electrons. The average Bonchev–Trinajstić information content (AvgIpc) is 2.84. The van der Waals surface area contributed by atoms with Gasteiger partial charge in [-0.05, 0) is 11.1 Å². The molecule has 2 rings (SSSR count). The number of benzene rings is 1. The van der Waals surface area contributed by atoms with Crippen LogP contribution in [0.3, 0.4) is 0 Å². The molecule has 2 aromatic rings. The molecule has 0 unspecified atom stereocenters. The number of thiazole rings is 1. The third-order valence-electron chi connectivity index (χ3n) is 2.43. The number of carbonyl (C=O) groups is 1. The first kappa shape index (κ1) is 14.0. The fourth-order valence-electron chi connectivity index (χ4n) is 1.48. The SMILES string of the molecule is O=C(O)Cc1csc(SCc2ccc(CO)cc2)n1. The Morgan fingerprint density at radius 3 is 2.58 bits per heavy atom. The maximum Gasteiger partial charge on any atom is 0.309 e. The molecule has 0 aliphatic rings. The molecule has 0 atom stereocenters. The Bertz CT molecular complexity index is 551. The molecule has 2 N–H and O–H groups in total. The molecule has 19 heavy (non-hydrogen) atoms. The van der Waals surface area contributed by atoms with Crippen LogP contribution in [0, 0.1) is 0 Å². The second-order valence-electron chi connectivity index (χ2n) is 3.94. The molecule has 1 aromatic heterocycles. The third kappa shape index (κ3) is 4.34. The van der Waals surface area contributed by atoms with Gasteiger partial charge < -0.3 is 10.2 Å². The van der Waals surface area contributed by atoms with E-state index in [-0.39, 0.29) is 13.0 Å². The number of hydrogen-bond acceptors (Lipinski definition) is 5. The lowest BCUT2D eigenvalue weighted by atomic mass is 10.2. The Labute approximate surface area is 119 Å². The van der Waals surface area contributed by atoms with E-state index in [9.17, 15) is 4.79 Å². The smallest absolute Gasteiger partial charge is 0.309 e. The number of thioether (sulfide) groups is 1. The second-order valence-corrected chi connectivity index (χ2v) is 6.02. The first-order valence-electron chi connectivity index (χ1n) is 5.65. The van der Waals surface area contributed by atoms with Crippen molar-refractivity contribution in [2.75, 3.05) is 0 Å². The van der Waals surface area contributed by atoms with E-state index in [1.807, 2.05) is 24.3 Å². The van der Waals surface area contributed by atoms with Gasteiger partial charge in [0.1, 0.15) is 4.34 Å². The van der Waals surface area contributed by atoms with Gasteiger partial charge in [0.2, 0.25) is 0 Å². The van der Waals surface area contributed by atoms with Crippen LogP contribution >= 0.6 is 23.1 Å². The maximum atomic E-state index is 10.6. The summed E-state index contributed by atoms with van der Waals surface area (Å²) >= 11 is 3.05. The standard InChI is InChI=1S/C13H13NO3S2/c15-6-9-1-3-10(4-2-9)7-18-13-14-11(8-19-13)5-12(16)17/h1-4,8,15H,5-7H2,(H,16,17). The number of nitrogens with zero attached hydrogens (tertiary/aromatic N) is 1. The van der Waals surface area contributed by atoms with Crippen molar-refractivity contribution in [3.05, 3.63) is 46.5 Å². The lowest BCUT2D eigenvalue weighted by Crippen LogP contribution is -1.99. The van der Waals surface area contributed by atoms with Gasteiger partial charge in [-0.2, -0.15) is 0 Å². The van der Waals surface area contributed by atoms with Gasteiger partial charge in [0, 0.05) is 11.1 Å². The van der Waals surface area contributed by atoms with Gasteiger partial charge in [-0.3, -0.25) is 4.79 Å². The number of carboxylic acid groups (broad SMARTS) is 1. The van der Waals surface area contributed by atoms with Crippen LogP contribution in [0.15, 0.2) is 34.0 Å². The number of hydrogen-bond donors (Lipinski definition) is 2. The summed E-state index contributed by atoms with van der Waals surface area (Å²) in [5.74, 6) is -0.0763. The molecule has 0 aliphatic heterocycles. The van der Waals surface area contributed by atoms with Gasteiger partial charge in [0.05, 0.1) is 18.7 Å². The summed E-state index contributed by atoms with van der Waals surface area (Å²) in [6.45, 7) is 0.0540. The summed E-state index contributed by atoms with van der Waals surface area (Å²) < 4.78 is 0.877. The van der Waals surface area contributed by atoms with E-state index in [4.69, 9.17) is 10.2 Å². The van der Waals surface area contributed by atoms with Crippen LogP contribution < -0.4 is 0 Å². The van der Waals surface area contributed by atoms with Crippen LogP contribution in [-0.2, 0) is 23.6 Å². The predicted molar refractivity (Wildman–Crippen MR) is 75.4 cm³/mol. The molecule has 0 saturated carbocycles. The molecule has 4 nitrogen and oxygen atoms in total. The van der Waals surface area contributed by atoms with Crippen molar-refractivity contribution in [1.29, 1.82) is 0 Å². The Morgan fingerprint density at radius 1 is 1.26 bits per heavy atom. The molecule has 0 aliphatic carbocycles. The third-order valence-corrected chi connectivity index (χ3v) is 4.57. The Hall–Kier alpha value is -1.37. The van der Waals surface area contributed by atoms with Gasteiger partial charge in [0.15, 0.2) is 0 Å². The van der Waals surface area contributed by atoms with Crippen LogP contribution in [-0.4, -0.2) is 21.2 Å². The normalized spacial score (nSPS) is 10.6. The Balaban J connectivity index is 1.90. The van der Waals surface area contributed by atoms with E-state index in [1.165, 1.54) is 11.3 Å². The molecule has 1 aromatic carbocycles. The van der Waals surface area contributed by atoms with Crippen molar-refractivity contribution in [1.82, 2.24) is 4.98 Å². The summed E-state index contributed by atoms with van der Waals surface area (Å²) in [5, 5.41) is 19.4. The number of aliphatic hydroxyl groups excluding tert-OH is 1. The monoisotopic (exact) mass is 295 g/mol. The number of aliphatic carboxylic acids is 1. The molecular formula is C13H13NO3S2. The molecule has 1 heterocycles. The molecule has 6 heteroatoms. The minimum Gasteiger partial charge on any atom is -0.481 e. The Kier molecular flexibility index (Phi) is 4.95. The van der Waals surface area contributed by atoms with E-state index >= 15 is 0 Å². The quantitative estimate of drug-likeness (QED) is 0.801. The molecular weight excluding hydrogens is 282 g/mol. The Morgan fingerprint density at radius 2 is 1.95 bits per heavy atom. The molecule has 0 amide bonds. The largest absolute Gasteiger partial charge is 0.481 e. The van der Waals surface area contributed by atoms with Gasteiger partial charge in [-0.25, -0.2) is 4.98 Å². The van der Waals surface area contributed by atoms with Crippen LogP contribution in [0.2, 0.25) is 0 Å². The second kappa shape index (κ2) is 6.70. The summed E-state index contributed by atoms with van der Waals surface area (Å²) in [5.41, 5.74) is 2.65. The van der Waals surface area contributed by atoms with Gasteiger partial charge in [-0.15, -0.1) is 11.3 Å². The van der Waals surface area contributed by atoms with Crippen molar-refractivity contribution in [3.8, 4) is 0 Å². The van der Waals surface area contributed by atoms with Gasteiger partial charge in [0.25, 0.3) is 0 Å². The predicted octanol–water partition coefficient (Wildman–Crippen LogP) is 2.55. The van der Waals surface area contributed by atoms with Crippen LogP contribution in [0.4, 0.5) is 0 Å². The lowest BCUT2D eigenvalue weighted by molar-refractivity contribution is -0.136. The highest BCUT2D eigenvalue weighted by atomic mass is 32.2. The minimum absolute atomic E-state index is 0.0255. The molecule has 0 spiro atoms. The van der Waals surface area contributed by atoms with Crippen LogP contribution in [0.1, 0.15) is 16.8 Å². The number of rotatable bonds is 6. The van der Waals surface area contributed by atoms with Crippen LogP contribution in [0.25, 0.3) is 0 Å². The minimum atomic E-state index is -0.860. The zero-order valence-electron chi connectivity index (χ0n) is 10.1. The fourth-order valence-corrected chi connectivity index (χ4v) is 3.28. The molecule has 0 fully saturated rings. The zero-order chi connectivity index (χ0) is 13.7. The first-order chi connectivity index (χ1) is 9.17. The number of aliphatic hydroxyl groups is 1. The summed E-state index contributed by atoms with van der Waals surface area (Å²) in [7, 11) is 0. The number of aromatic nitrogens is 1. The summed E-state index contributed by atoms with van der Waals surface area (Å²) in [6.07, 6.45) is -0.0255. The first-order valence-corrected chi connectivity index (χ1v) is 7.51. The summed E-state index contributed by atoms with van der Waals surface area (Å²) in [4.78, 5) is 14.8. The topological polar surface area (TPSA) is 70.4 Å². The average molecular weight is 295 g/mol. The fraction of sp³-hybridized carbons (Fsp3) is 0.231. The van der Waals surface area contributed by atoms with E-state index in [0.29, 0.717) is 5.69 Å². The van der Waals surface area contributed by atoms with E-state index in [2.05, 4.69) is 4.98 Å². The van der Waals surface area contributed by atoms with Gasteiger partial charge >= 0.3 is 5.97 Å². The van der Waals surface area contributed by atoms with E-state index < -0.39 is 5.97 Å². The molecule has 0 saturated heterocycles. The maximum absolute atomic E-state index is 10.6. The lowest BCUT2D eigenvalue weighted by Gasteiger charge is -2.00. The molecule has 0 bridgehead atoms. The zero-order valence-corrected chi connectivity index (χ0v) is 11.7. The highest BCUT2D eigenvalue weighted by molar-refractivity contribution is 8.00. The van der Waals surface area contributed by atoms with Crippen molar-refractivity contribution in [3.63, 3.8) is 0 Å². The number of carboxylic acids is 1. The van der Waals surface area contributed by atoms with Crippen molar-refractivity contribution < 1.29 is 15.0 Å². The highest BCUT2D eigenvalue weighted by Crippen LogP contribution is 2.26. The van der Waals surface area contributed by atoms with Crippen molar-refractivity contribution in [2.24, 2.45) is 0 Å². The van der Waals surface area contributed by atoms with Crippen LogP contribution in [0.5, 0.6) is 0 Å². The van der Waals surface area contributed by atoms with E-state index in [0.717, 1.165) is 21.2 Å². The van der Waals surface area contributed by atoms with E-state index in [1.54, 1.807) is 17.1 Å². The van der Waals surface area contributed by atoms with Gasteiger partial charge in [-0.1, -0.05) is 36.0 Å².